The van der Waals surface area contributed by atoms with E-state index in [9.17, 15) is 9.59 Å². The molecule has 0 saturated heterocycles. The van der Waals surface area contributed by atoms with Crippen LogP contribution in [0.5, 0.6) is 0 Å². The van der Waals surface area contributed by atoms with Gasteiger partial charge in [-0.2, -0.15) is 0 Å². The first kappa shape index (κ1) is 18.0. The number of hydrogen-bond acceptors (Lipinski definition) is 3. The van der Waals surface area contributed by atoms with E-state index in [1.165, 1.54) is 0 Å². The highest BCUT2D eigenvalue weighted by molar-refractivity contribution is 6.30. The summed E-state index contributed by atoms with van der Waals surface area (Å²) in [7, 11) is 0. The second-order valence-corrected chi connectivity index (χ2v) is 6.17. The van der Waals surface area contributed by atoms with Gasteiger partial charge < -0.3 is 10.1 Å². The molecule has 0 radical (unpaired) electrons. The summed E-state index contributed by atoms with van der Waals surface area (Å²) in [5.74, 6) is -0.846. The fourth-order valence-electron chi connectivity index (χ4n) is 2.28. The fourth-order valence-corrected chi connectivity index (χ4v) is 2.41. The lowest BCUT2D eigenvalue weighted by atomic mass is 10.1. The minimum atomic E-state index is -0.495. The highest BCUT2D eigenvalue weighted by Crippen LogP contribution is 2.16. The summed E-state index contributed by atoms with van der Waals surface area (Å²) >= 11 is 5.84. The van der Waals surface area contributed by atoms with Crippen molar-refractivity contribution in [2.45, 2.75) is 26.8 Å². The van der Waals surface area contributed by atoms with E-state index in [1.807, 2.05) is 45.0 Å². The Balaban J connectivity index is 1.89. The molecule has 0 heterocycles. The molecular formula is C19H20ClNO3. The number of carbonyl (C=O) groups excluding carboxylic acids is 2. The predicted molar refractivity (Wildman–Crippen MR) is 94.2 cm³/mol. The maximum absolute atomic E-state index is 12.1. The summed E-state index contributed by atoms with van der Waals surface area (Å²) in [5.41, 5.74) is 3.19. The van der Waals surface area contributed by atoms with Crippen LogP contribution in [0.4, 0.5) is 0 Å². The molecule has 1 atom stereocenters. The van der Waals surface area contributed by atoms with Crippen LogP contribution >= 0.6 is 11.6 Å². The molecule has 0 spiro atoms. The number of aryl methyl sites for hydroxylation is 2. The molecule has 0 aliphatic heterocycles. The number of benzene rings is 2. The second kappa shape index (κ2) is 7.97. The molecule has 0 aliphatic carbocycles. The largest absolute Gasteiger partial charge is 0.452 e. The fraction of sp³-hybridized carbons (Fsp3) is 0.263. The average Bonchev–Trinajstić information content (AvgIpc) is 2.55. The Morgan fingerprint density at radius 3 is 2.46 bits per heavy atom. The van der Waals surface area contributed by atoms with Crippen molar-refractivity contribution in [1.82, 2.24) is 5.32 Å². The van der Waals surface area contributed by atoms with Crippen LogP contribution in [0.25, 0.3) is 0 Å². The van der Waals surface area contributed by atoms with Crippen molar-refractivity contribution in [3.05, 3.63) is 69.7 Å². The molecule has 1 N–H and O–H groups in total. The highest BCUT2D eigenvalue weighted by atomic mass is 35.5. The zero-order valence-corrected chi connectivity index (χ0v) is 14.7. The van der Waals surface area contributed by atoms with Gasteiger partial charge in [-0.3, -0.25) is 4.79 Å². The lowest BCUT2D eigenvalue weighted by Crippen LogP contribution is -2.31. The minimum absolute atomic E-state index is 0.200. The topological polar surface area (TPSA) is 55.4 Å². The molecular weight excluding hydrogens is 326 g/mol. The van der Waals surface area contributed by atoms with Gasteiger partial charge in [-0.15, -0.1) is 0 Å². The third-order valence-corrected chi connectivity index (χ3v) is 3.95. The molecule has 126 valence electrons. The van der Waals surface area contributed by atoms with Crippen LogP contribution in [-0.4, -0.2) is 18.5 Å². The van der Waals surface area contributed by atoms with Crippen molar-refractivity contribution in [1.29, 1.82) is 0 Å². The van der Waals surface area contributed by atoms with E-state index < -0.39 is 5.97 Å². The van der Waals surface area contributed by atoms with Gasteiger partial charge in [0.15, 0.2) is 6.61 Å². The molecule has 1 amide bonds. The van der Waals surface area contributed by atoms with Gasteiger partial charge in [-0.25, -0.2) is 4.79 Å². The highest BCUT2D eigenvalue weighted by Gasteiger charge is 2.14. The molecule has 0 fully saturated rings. The standard InChI is InChI=1S/C19H20ClNO3/c1-12-4-5-13(2)17(10-12)19(23)24-11-18(22)21-14(3)15-6-8-16(20)9-7-15/h4-10,14H,11H2,1-3H3,(H,21,22)/t14-/m0/s1. The number of halogens is 1. The van der Waals surface area contributed by atoms with Crippen LogP contribution in [0.2, 0.25) is 5.02 Å². The number of esters is 1. The lowest BCUT2D eigenvalue weighted by Gasteiger charge is -2.15. The average molecular weight is 346 g/mol. The first-order valence-corrected chi connectivity index (χ1v) is 8.04. The zero-order valence-electron chi connectivity index (χ0n) is 13.9. The van der Waals surface area contributed by atoms with Crippen LogP contribution in [0.15, 0.2) is 42.5 Å². The van der Waals surface area contributed by atoms with Gasteiger partial charge in [-0.05, 0) is 50.1 Å². The Kier molecular flexibility index (Phi) is 5.99. The summed E-state index contributed by atoms with van der Waals surface area (Å²) in [6.07, 6.45) is 0. The number of ether oxygens (including phenoxy) is 1. The van der Waals surface area contributed by atoms with Gasteiger partial charge >= 0.3 is 5.97 Å². The molecule has 0 aromatic heterocycles. The van der Waals surface area contributed by atoms with Gasteiger partial charge in [0, 0.05) is 5.02 Å². The summed E-state index contributed by atoms with van der Waals surface area (Å²) in [5, 5.41) is 3.43. The summed E-state index contributed by atoms with van der Waals surface area (Å²) in [4.78, 5) is 24.1. The van der Waals surface area contributed by atoms with Crippen LogP contribution in [0.3, 0.4) is 0 Å². The van der Waals surface area contributed by atoms with Crippen molar-refractivity contribution in [3.63, 3.8) is 0 Å². The van der Waals surface area contributed by atoms with Crippen LogP contribution in [0.1, 0.15) is 40.0 Å². The monoisotopic (exact) mass is 345 g/mol. The predicted octanol–water partition coefficient (Wildman–Crippen LogP) is 3.99. The van der Waals surface area contributed by atoms with Gasteiger partial charge in [0.05, 0.1) is 11.6 Å². The van der Waals surface area contributed by atoms with Crippen molar-refractivity contribution in [2.75, 3.05) is 6.61 Å². The Morgan fingerprint density at radius 2 is 1.79 bits per heavy atom. The molecule has 0 saturated carbocycles. The van der Waals surface area contributed by atoms with E-state index in [0.717, 1.165) is 16.7 Å². The first-order valence-electron chi connectivity index (χ1n) is 7.66. The third-order valence-electron chi connectivity index (χ3n) is 3.69. The molecule has 2 rings (SSSR count). The van der Waals surface area contributed by atoms with Crippen molar-refractivity contribution < 1.29 is 14.3 Å². The van der Waals surface area contributed by atoms with Gasteiger partial charge in [0.1, 0.15) is 0 Å². The quantitative estimate of drug-likeness (QED) is 0.833. The smallest absolute Gasteiger partial charge is 0.338 e. The summed E-state index contributed by atoms with van der Waals surface area (Å²) in [6, 6.07) is 12.5. The molecule has 5 heteroatoms. The second-order valence-electron chi connectivity index (χ2n) is 5.74. The maximum atomic E-state index is 12.1. The van der Waals surface area contributed by atoms with Crippen LogP contribution in [0, 0.1) is 13.8 Å². The number of carbonyl (C=O) groups is 2. The SMILES string of the molecule is Cc1ccc(C)c(C(=O)OCC(=O)N[C@@H](C)c2ccc(Cl)cc2)c1. The van der Waals surface area contributed by atoms with E-state index >= 15 is 0 Å². The summed E-state index contributed by atoms with van der Waals surface area (Å²) < 4.78 is 5.11. The molecule has 0 aliphatic rings. The van der Waals surface area contributed by atoms with Crippen molar-refractivity contribution in [3.8, 4) is 0 Å². The number of hydrogen-bond donors (Lipinski definition) is 1. The molecule has 24 heavy (non-hydrogen) atoms. The van der Waals surface area contributed by atoms with Crippen molar-refractivity contribution >= 4 is 23.5 Å². The van der Waals surface area contributed by atoms with E-state index in [-0.39, 0.29) is 18.6 Å². The summed E-state index contributed by atoms with van der Waals surface area (Å²) in [6.45, 7) is 5.27. The third kappa shape index (κ3) is 4.83. The number of rotatable bonds is 5. The Labute approximate surface area is 146 Å². The Morgan fingerprint density at radius 1 is 1.12 bits per heavy atom. The normalized spacial score (nSPS) is 11.7. The maximum Gasteiger partial charge on any atom is 0.338 e. The van der Waals surface area contributed by atoms with E-state index in [4.69, 9.17) is 16.3 Å². The van der Waals surface area contributed by atoms with Crippen LogP contribution in [-0.2, 0) is 9.53 Å². The molecule has 2 aromatic carbocycles. The number of amides is 1. The zero-order chi connectivity index (χ0) is 17.7. The number of nitrogens with one attached hydrogen (secondary N) is 1. The van der Waals surface area contributed by atoms with E-state index in [2.05, 4.69) is 5.32 Å². The van der Waals surface area contributed by atoms with Crippen LogP contribution < -0.4 is 5.32 Å². The van der Waals surface area contributed by atoms with Crippen molar-refractivity contribution in [2.24, 2.45) is 0 Å². The first-order chi connectivity index (χ1) is 11.4. The van der Waals surface area contributed by atoms with Gasteiger partial charge in [0.25, 0.3) is 5.91 Å². The molecule has 0 unspecified atom stereocenters. The van der Waals surface area contributed by atoms with Gasteiger partial charge in [0.2, 0.25) is 0 Å². The van der Waals surface area contributed by atoms with E-state index in [0.29, 0.717) is 10.6 Å². The Hall–Kier alpha value is -2.33. The van der Waals surface area contributed by atoms with Gasteiger partial charge in [-0.1, -0.05) is 41.4 Å². The minimum Gasteiger partial charge on any atom is -0.452 e. The Bertz CT molecular complexity index is 741. The molecule has 0 bridgehead atoms. The lowest BCUT2D eigenvalue weighted by molar-refractivity contribution is -0.124. The van der Waals surface area contributed by atoms with E-state index in [1.54, 1.807) is 18.2 Å². The molecule has 2 aromatic rings. The molecule has 4 nitrogen and oxygen atoms in total.